The van der Waals surface area contributed by atoms with Crippen LogP contribution < -0.4 is 5.73 Å². The maximum Gasteiger partial charge on any atom is 0.0661 e. The van der Waals surface area contributed by atoms with E-state index in [1.165, 1.54) is 18.4 Å². The third-order valence-corrected chi connectivity index (χ3v) is 2.32. The smallest absolute Gasteiger partial charge is 0.0661 e. The molecule has 0 aliphatic heterocycles. The number of pyridine rings is 1. The van der Waals surface area contributed by atoms with Crippen molar-refractivity contribution in [3.63, 3.8) is 0 Å². The largest absolute Gasteiger partial charge is 0.327 e. The molecule has 13 heavy (non-hydrogen) atoms. The van der Waals surface area contributed by atoms with Crippen LogP contribution in [-0.2, 0) is 0 Å². The molecule has 1 fully saturated rings. The molecule has 1 aromatic heterocycles. The second-order valence-corrected chi connectivity index (χ2v) is 3.38. The highest BCUT2D eigenvalue weighted by atomic mass is 14.7. The summed E-state index contributed by atoms with van der Waals surface area (Å²) in [5, 5.41) is 0. The average Bonchev–Trinajstić information content (AvgIpc) is 2.99. The third kappa shape index (κ3) is 1.95. The van der Waals surface area contributed by atoms with E-state index in [1.54, 1.807) is 0 Å². The predicted octanol–water partition coefficient (Wildman–Crippen LogP) is 1.83. The van der Waals surface area contributed by atoms with Crippen molar-refractivity contribution < 1.29 is 0 Å². The average molecular weight is 174 g/mol. The van der Waals surface area contributed by atoms with Crippen LogP contribution in [0.1, 0.15) is 18.5 Å². The van der Waals surface area contributed by atoms with E-state index < -0.39 is 0 Å². The summed E-state index contributed by atoms with van der Waals surface area (Å²) in [4.78, 5) is 4.34. The summed E-state index contributed by atoms with van der Waals surface area (Å²) < 4.78 is 0. The number of nitrogens with zero attached hydrogens (tertiary/aromatic N) is 1. The Labute approximate surface area is 78.5 Å². The molecule has 1 heterocycles. The molecule has 2 rings (SSSR count). The van der Waals surface area contributed by atoms with Gasteiger partial charge < -0.3 is 5.73 Å². The van der Waals surface area contributed by atoms with Crippen molar-refractivity contribution in [1.29, 1.82) is 0 Å². The number of aromatic nitrogens is 1. The van der Waals surface area contributed by atoms with Crippen molar-refractivity contribution in [3.8, 4) is 0 Å². The van der Waals surface area contributed by atoms with Gasteiger partial charge in [0, 0.05) is 12.7 Å². The summed E-state index contributed by atoms with van der Waals surface area (Å²) >= 11 is 0. The number of nitrogens with two attached hydrogens (primary N) is 1. The van der Waals surface area contributed by atoms with Crippen LogP contribution in [0, 0.1) is 5.92 Å². The highest BCUT2D eigenvalue weighted by molar-refractivity contribution is 5.66. The zero-order chi connectivity index (χ0) is 9.10. The Morgan fingerprint density at radius 3 is 2.92 bits per heavy atom. The van der Waals surface area contributed by atoms with Gasteiger partial charge in [0.05, 0.1) is 5.69 Å². The van der Waals surface area contributed by atoms with Crippen LogP contribution in [0.3, 0.4) is 0 Å². The van der Waals surface area contributed by atoms with E-state index in [-0.39, 0.29) is 0 Å². The lowest BCUT2D eigenvalue weighted by atomic mass is 10.1. The van der Waals surface area contributed by atoms with Crippen molar-refractivity contribution in [1.82, 2.24) is 4.98 Å². The first-order valence-electron chi connectivity index (χ1n) is 4.73. The summed E-state index contributed by atoms with van der Waals surface area (Å²) in [5.74, 6) is 0.721. The number of hydrogen-bond donors (Lipinski definition) is 1. The van der Waals surface area contributed by atoms with E-state index in [1.807, 2.05) is 18.3 Å². The van der Waals surface area contributed by atoms with Crippen molar-refractivity contribution in [2.45, 2.75) is 12.8 Å². The quantitative estimate of drug-likeness (QED) is 0.759. The van der Waals surface area contributed by atoms with Crippen LogP contribution in [0.5, 0.6) is 0 Å². The molecule has 0 bridgehead atoms. The first-order valence-corrected chi connectivity index (χ1v) is 4.73. The van der Waals surface area contributed by atoms with Crippen LogP contribution in [0.2, 0.25) is 0 Å². The van der Waals surface area contributed by atoms with Gasteiger partial charge in [0.15, 0.2) is 0 Å². The number of allylic oxidation sites excluding steroid dienone is 1. The predicted molar refractivity (Wildman–Crippen MR) is 54.0 cm³/mol. The van der Waals surface area contributed by atoms with Crippen molar-refractivity contribution in [2.24, 2.45) is 11.7 Å². The summed E-state index contributed by atoms with van der Waals surface area (Å²) in [5.41, 5.74) is 7.96. The molecule has 0 radical (unpaired) electrons. The van der Waals surface area contributed by atoms with Gasteiger partial charge in [0.2, 0.25) is 0 Å². The molecule has 0 aromatic carbocycles. The summed E-state index contributed by atoms with van der Waals surface area (Å²) in [6.07, 6.45) is 6.52. The molecular formula is C11H14N2. The molecule has 0 amide bonds. The second kappa shape index (κ2) is 3.71. The van der Waals surface area contributed by atoms with Gasteiger partial charge in [0.1, 0.15) is 0 Å². The van der Waals surface area contributed by atoms with E-state index >= 15 is 0 Å². The Morgan fingerprint density at radius 1 is 1.54 bits per heavy atom. The lowest BCUT2D eigenvalue weighted by Gasteiger charge is -2.03. The second-order valence-electron chi connectivity index (χ2n) is 3.38. The Bertz CT molecular complexity index is 299. The standard InChI is InChI=1S/C11H14N2/c12-7-6-10(9-4-5-9)11-3-1-2-8-13-11/h1-3,6,8-9H,4-5,7,12H2/b10-6-. The van der Waals surface area contributed by atoms with Crippen LogP contribution in [-0.4, -0.2) is 11.5 Å². The van der Waals surface area contributed by atoms with Crippen molar-refractivity contribution >= 4 is 5.57 Å². The van der Waals surface area contributed by atoms with Gasteiger partial charge in [-0.25, -0.2) is 0 Å². The molecule has 0 unspecified atom stereocenters. The fraction of sp³-hybridized carbons (Fsp3) is 0.364. The molecule has 68 valence electrons. The first kappa shape index (κ1) is 8.45. The van der Waals surface area contributed by atoms with Crippen molar-refractivity contribution in [2.75, 3.05) is 6.54 Å². The van der Waals surface area contributed by atoms with Gasteiger partial charge in [-0.3, -0.25) is 4.98 Å². The van der Waals surface area contributed by atoms with Crippen molar-refractivity contribution in [3.05, 3.63) is 36.2 Å². The molecule has 2 heteroatoms. The maximum absolute atomic E-state index is 5.53. The minimum Gasteiger partial charge on any atom is -0.327 e. The highest BCUT2D eigenvalue weighted by Crippen LogP contribution is 2.40. The van der Waals surface area contributed by atoms with Gasteiger partial charge in [-0.1, -0.05) is 12.1 Å². The molecule has 1 aliphatic carbocycles. The Kier molecular flexibility index (Phi) is 2.41. The molecule has 2 N–H and O–H groups in total. The Hall–Kier alpha value is -1.15. The summed E-state index contributed by atoms with van der Waals surface area (Å²) in [6.45, 7) is 0.613. The Balaban J connectivity index is 2.25. The SMILES string of the molecule is NC/C=C(\c1ccccn1)C1CC1. The minimum atomic E-state index is 0.613. The van der Waals surface area contributed by atoms with Gasteiger partial charge >= 0.3 is 0 Å². The first-order chi connectivity index (χ1) is 6.42. The van der Waals surface area contributed by atoms with Crippen LogP contribution in [0.25, 0.3) is 5.57 Å². The lowest BCUT2D eigenvalue weighted by molar-refractivity contribution is 1.09. The zero-order valence-corrected chi connectivity index (χ0v) is 7.61. The molecule has 2 nitrogen and oxygen atoms in total. The van der Waals surface area contributed by atoms with Crippen LogP contribution in [0.4, 0.5) is 0 Å². The number of hydrogen-bond acceptors (Lipinski definition) is 2. The van der Waals surface area contributed by atoms with E-state index in [4.69, 9.17) is 5.73 Å². The zero-order valence-electron chi connectivity index (χ0n) is 7.61. The fourth-order valence-electron chi connectivity index (χ4n) is 1.54. The lowest BCUT2D eigenvalue weighted by Crippen LogP contribution is -1.98. The highest BCUT2D eigenvalue weighted by Gasteiger charge is 2.26. The van der Waals surface area contributed by atoms with Gasteiger partial charge in [0.25, 0.3) is 0 Å². The molecule has 1 aliphatic rings. The summed E-state index contributed by atoms with van der Waals surface area (Å²) in [6, 6.07) is 6.02. The third-order valence-electron chi connectivity index (χ3n) is 2.32. The van der Waals surface area contributed by atoms with Gasteiger partial charge in [-0.2, -0.15) is 0 Å². The van der Waals surface area contributed by atoms with E-state index in [9.17, 15) is 0 Å². The van der Waals surface area contributed by atoms with Gasteiger partial charge in [-0.15, -0.1) is 0 Å². The van der Waals surface area contributed by atoms with Crippen LogP contribution >= 0.6 is 0 Å². The van der Waals surface area contributed by atoms with E-state index in [2.05, 4.69) is 17.1 Å². The molecule has 1 saturated carbocycles. The molecule has 0 atom stereocenters. The monoisotopic (exact) mass is 174 g/mol. The Morgan fingerprint density at radius 2 is 2.38 bits per heavy atom. The van der Waals surface area contributed by atoms with E-state index in [0.29, 0.717) is 6.54 Å². The fourth-order valence-corrected chi connectivity index (χ4v) is 1.54. The number of rotatable bonds is 3. The summed E-state index contributed by atoms with van der Waals surface area (Å²) in [7, 11) is 0. The molecule has 1 aromatic rings. The molecule has 0 saturated heterocycles. The molecule has 0 spiro atoms. The molecular weight excluding hydrogens is 160 g/mol. The van der Waals surface area contributed by atoms with E-state index in [0.717, 1.165) is 11.6 Å². The minimum absolute atomic E-state index is 0.613. The van der Waals surface area contributed by atoms with Gasteiger partial charge in [-0.05, 0) is 36.5 Å². The normalized spacial score (nSPS) is 17.5. The maximum atomic E-state index is 5.53. The topological polar surface area (TPSA) is 38.9 Å². The van der Waals surface area contributed by atoms with Crippen LogP contribution in [0.15, 0.2) is 30.5 Å².